The SMILES string of the molecule is N#Cc1ccc(CC2CC3CNC[C@@H]3C2)cc1Cl. The molecule has 94 valence electrons. The van der Waals surface area contributed by atoms with Gasteiger partial charge in [-0.1, -0.05) is 17.7 Å². The van der Waals surface area contributed by atoms with Gasteiger partial charge in [0.1, 0.15) is 6.07 Å². The molecule has 1 N–H and O–H groups in total. The zero-order valence-corrected chi connectivity index (χ0v) is 11.1. The number of rotatable bonds is 2. The van der Waals surface area contributed by atoms with Crippen molar-refractivity contribution in [3.8, 4) is 6.07 Å². The number of nitrogens with one attached hydrogen (secondary N) is 1. The summed E-state index contributed by atoms with van der Waals surface area (Å²) in [6.07, 6.45) is 3.79. The third-order valence-electron chi connectivity index (χ3n) is 4.43. The second kappa shape index (κ2) is 4.91. The molecule has 1 aliphatic heterocycles. The van der Waals surface area contributed by atoms with Crippen LogP contribution >= 0.6 is 11.6 Å². The Morgan fingerprint density at radius 1 is 1.28 bits per heavy atom. The van der Waals surface area contributed by atoms with Crippen molar-refractivity contribution in [1.82, 2.24) is 5.32 Å². The van der Waals surface area contributed by atoms with Crippen molar-refractivity contribution in [2.45, 2.75) is 19.3 Å². The number of halogens is 1. The van der Waals surface area contributed by atoms with Crippen LogP contribution in [0.3, 0.4) is 0 Å². The van der Waals surface area contributed by atoms with Crippen LogP contribution in [0.15, 0.2) is 18.2 Å². The van der Waals surface area contributed by atoms with Crippen molar-refractivity contribution in [3.63, 3.8) is 0 Å². The molecule has 18 heavy (non-hydrogen) atoms. The maximum atomic E-state index is 8.86. The van der Waals surface area contributed by atoms with E-state index in [1.54, 1.807) is 0 Å². The third-order valence-corrected chi connectivity index (χ3v) is 4.74. The Morgan fingerprint density at radius 2 is 2.00 bits per heavy atom. The van der Waals surface area contributed by atoms with E-state index in [2.05, 4.69) is 17.5 Å². The van der Waals surface area contributed by atoms with Crippen LogP contribution in [0.25, 0.3) is 0 Å². The molecule has 1 aromatic rings. The first-order chi connectivity index (χ1) is 8.76. The fourth-order valence-electron chi connectivity index (χ4n) is 3.57. The highest BCUT2D eigenvalue weighted by Gasteiger charge is 2.36. The zero-order chi connectivity index (χ0) is 12.5. The van der Waals surface area contributed by atoms with Gasteiger partial charge in [-0.3, -0.25) is 0 Å². The van der Waals surface area contributed by atoms with Gasteiger partial charge in [-0.05, 0) is 67.8 Å². The van der Waals surface area contributed by atoms with E-state index in [0.29, 0.717) is 10.6 Å². The van der Waals surface area contributed by atoms with Crippen LogP contribution < -0.4 is 5.32 Å². The van der Waals surface area contributed by atoms with Crippen LogP contribution in [0.1, 0.15) is 24.0 Å². The van der Waals surface area contributed by atoms with Gasteiger partial charge in [-0.25, -0.2) is 0 Å². The van der Waals surface area contributed by atoms with E-state index in [4.69, 9.17) is 16.9 Å². The van der Waals surface area contributed by atoms with Gasteiger partial charge >= 0.3 is 0 Å². The molecule has 0 aromatic heterocycles. The largest absolute Gasteiger partial charge is 0.316 e. The first-order valence-corrected chi connectivity index (χ1v) is 7.03. The van der Waals surface area contributed by atoms with Gasteiger partial charge in [0.2, 0.25) is 0 Å². The van der Waals surface area contributed by atoms with Crippen LogP contribution in [0.4, 0.5) is 0 Å². The average molecular weight is 261 g/mol. The predicted molar refractivity (Wildman–Crippen MR) is 72.4 cm³/mol. The molecule has 0 amide bonds. The lowest BCUT2D eigenvalue weighted by Crippen LogP contribution is -2.12. The summed E-state index contributed by atoms with van der Waals surface area (Å²) >= 11 is 6.08. The number of nitriles is 1. The molecular formula is C15H17ClN2. The second-order valence-electron chi connectivity index (χ2n) is 5.65. The molecule has 0 radical (unpaired) electrons. The van der Waals surface area contributed by atoms with Crippen LogP contribution in [-0.2, 0) is 6.42 Å². The quantitative estimate of drug-likeness (QED) is 0.887. The summed E-state index contributed by atoms with van der Waals surface area (Å²) in [5.41, 5.74) is 1.85. The zero-order valence-electron chi connectivity index (χ0n) is 10.3. The summed E-state index contributed by atoms with van der Waals surface area (Å²) < 4.78 is 0. The Bertz CT molecular complexity index is 480. The van der Waals surface area contributed by atoms with Crippen molar-refractivity contribution >= 4 is 11.6 Å². The smallest absolute Gasteiger partial charge is 0.101 e. The number of fused-ring (bicyclic) bond motifs is 1. The van der Waals surface area contributed by atoms with Crippen molar-refractivity contribution in [3.05, 3.63) is 34.3 Å². The lowest BCUT2D eigenvalue weighted by molar-refractivity contribution is 0.490. The van der Waals surface area contributed by atoms with Gasteiger partial charge in [0, 0.05) is 0 Å². The first kappa shape index (κ1) is 12.0. The molecule has 2 fully saturated rings. The van der Waals surface area contributed by atoms with Crippen molar-refractivity contribution in [2.75, 3.05) is 13.1 Å². The van der Waals surface area contributed by atoms with E-state index >= 15 is 0 Å². The molecule has 3 rings (SSSR count). The molecule has 3 atom stereocenters. The summed E-state index contributed by atoms with van der Waals surface area (Å²) in [5.74, 6) is 2.58. The van der Waals surface area contributed by atoms with Crippen LogP contribution in [0.5, 0.6) is 0 Å². The molecular weight excluding hydrogens is 244 g/mol. The second-order valence-corrected chi connectivity index (χ2v) is 6.05. The molecule has 1 aliphatic carbocycles. The summed E-state index contributed by atoms with van der Waals surface area (Å²) in [7, 11) is 0. The van der Waals surface area contributed by atoms with Gasteiger partial charge in [0.05, 0.1) is 10.6 Å². The summed E-state index contributed by atoms with van der Waals surface area (Å²) in [6, 6.07) is 7.97. The summed E-state index contributed by atoms with van der Waals surface area (Å²) in [6.45, 7) is 2.41. The number of nitrogens with zero attached hydrogens (tertiary/aromatic N) is 1. The molecule has 2 nitrogen and oxygen atoms in total. The highest BCUT2D eigenvalue weighted by molar-refractivity contribution is 6.31. The van der Waals surface area contributed by atoms with Crippen molar-refractivity contribution in [1.29, 1.82) is 5.26 Å². The Hall–Kier alpha value is -1.04. The van der Waals surface area contributed by atoms with E-state index in [1.807, 2.05) is 12.1 Å². The Morgan fingerprint density at radius 3 is 2.61 bits per heavy atom. The van der Waals surface area contributed by atoms with Gasteiger partial charge in [-0.15, -0.1) is 0 Å². The van der Waals surface area contributed by atoms with Gasteiger partial charge in [-0.2, -0.15) is 5.26 Å². The first-order valence-electron chi connectivity index (χ1n) is 6.65. The molecule has 0 bridgehead atoms. The van der Waals surface area contributed by atoms with E-state index < -0.39 is 0 Å². The van der Waals surface area contributed by atoms with E-state index in [-0.39, 0.29) is 0 Å². The predicted octanol–water partition coefficient (Wildman–Crippen LogP) is 3.00. The minimum atomic E-state index is 0.577. The van der Waals surface area contributed by atoms with E-state index in [0.717, 1.165) is 24.2 Å². The number of hydrogen-bond donors (Lipinski definition) is 1. The lowest BCUT2D eigenvalue weighted by atomic mass is 9.96. The van der Waals surface area contributed by atoms with E-state index in [9.17, 15) is 0 Å². The Labute approximate surface area is 113 Å². The van der Waals surface area contributed by atoms with Gasteiger partial charge in [0.15, 0.2) is 0 Å². The molecule has 0 spiro atoms. The maximum absolute atomic E-state index is 8.86. The number of hydrogen-bond acceptors (Lipinski definition) is 2. The summed E-state index contributed by atoms with van der Waals surface area (Å²) in [5, 5.41) is 12.9. The van der Waals surface area contributed by atoms with Crippen molar-refractivity contribution in [2.24, 2.45) is 17.8 Å². The van der Waals surface area contributed by atoms with Crippen LogP contribution in [0.2, 0.25) is 5.02 Å². The van der Waals surface area contributed by atoms with Gasteiger partial charge in [0.25, 0.3) is 0 Å². The minimum Gasteiger partial charge on any atom is -0.316 e. The highest BCUT2D eigenvalue weighted by atomic mass is 35.5. The lowest BCUT2D eigenvalue weighted by Gasteiger charge is -2.11. The van der Waals surface area contributed by atoms with Crippen LogP contribution in [0, 0.1) is 29.1 Å². The molecule has 1 saturated heterocycles. The fraction of sp³-hybridized carbons (Fsp3) is 0.533. The highest BCUT2D eigenvalue weighted by Crippen LogP contribution is 2.40. The minimum absolute atomic E-state index is 0.577. The van der Waals surface area contributed by atoms with Gasteiger partial charge < -0.3 is 5.32 Å². The molecule has 2 unspecified atom stereocenters. The van der Waals surface area contributed by atoms with Crippen LogP contribution in [-0.4, -0.2) is 13.1 Å². The average Bonchev–Trinajstić information content (AvgIpc) is 2.90. The molecule has 2 aliphatic rings. The summed E-state index contributed by atoms with van der Waals surface area (Å²) in [4.78, 5) is 0. The third kappa shape index (κ3) is 2.25. The molecule has 3 heteroatoms. The standard InChI is InChI=1S/C15H17ClN2/c16-15-6-10(1-2-12(15)7-17)3-11-4-13-8-18-9-14(13)5-11/h1-2,6,11,13-14,18H,3-5,8-9H2/t11?,13-,14?/m0/s1. The topological polar surface area (TPSA) is 35.8 Å². The fourth-order valence-corrected chi connectivity index (χ4v) is 3.81. The van der Waals surface area contributed by atoms with Crippen molar-refractivity contribution < 1.29 is 0 Å². The normalized spacial score (nSPS) is 30.1. The monoisotopic (exact) mass is 260 g/mol. The Balaban J connectivity index is 1.67. The molecule has 1 saturated carbocycles. The number of benzene rings is 1. The molecule has 1 aromatic carbocycles. The van der Waals surface area contributed by atoms with E-state index in [1.165, 1.54) is 31.5 Å². The molecule has 1 heterocycles. The Kier molecular flexibility index (Phi) is 3.28. The maximum Gasteiger partial charge on any atom is 0.101 e.